The first-order valence-electron chi connectivity index (χ1n) is 3.61. The molecule has 0 heterocycles. The summed E-state index contributed by atoms with van der Waals surface area (Å²) in [7, 11) is 1.64. The van der Waals surface area contributed by atoms with Crippen molar-refractivity contribution in [3.8, 4) is 5.75 Å². The highest BCUT2D eigenvalue weighted by atomic mass is 35.5. The lowest BCUT2D eigenvalue weighted by Gasteiger charge is -2.06. The van der Waals surface area contributed by atoms with Crippen molar-refractivity contribution in [3.63, 3.8) is 0 Å². The zero-order chi connectivity index (χ0) is 8.27. The fourth-order valence-corrected chi connectivity index (χ4v) is 1.33. The molecule has 0 atom stereocenters. The van der Waals surface area contributed by atoms with Crippen molar-refractivity contribution >= 4 is 11.6 Å². The fourth-order valence-electron chi connectivity index (χ4n) is 1.06. The van der Waals surface area contributed by atoms with Gasteiger partial charge in [-0.2, -0.15) is 0 Å². The number of para-hydroxylation sites is 1. The van der Waals surface area contributed by atoms with Gasteiger partial charge in [0, 0.05) is 0 Å². The molecule has 0 amide bonds. The van der Waals surface area contributed by atoms with E-state index in [-0.39, 0.29) is 0 Å². The number of hydrogen-bond donors (Lipinski definition) is 0. The second-order valence-corrected chi connectivity index (χ2v) is 2.69. The number of benzene rings is 1. The third-order valence-electron chi connectivity index (χ3n) is 1.63. The second kappa shape index (κ2) is 3.63. The van der Waals surface area contributed by atoms with Crippen LogP contribution in [0.25, 0.3) is 0 Å². The molecule has 0 N–H and O–H groups in total. The molecule has 0 saturated heterocycles. The summed E-state index contributed by atoms with van der Waals surface area (Å²) in [5.74, 6) is 0.802. The van der Waals surface area contributed by atoms with Crippen molar-refractivity contribution in [1.82, 2.24) is 0 Å². The summed E-state index contributed by atoms with van der Waals surface area (Å²) in [4.78, 5) is 0. The molecule has 11 heavy (non-hydrogen) atoms. The Labute approximate surface area is 71.9 Å². The van der Waals surface area contributed by atoms with Gasteiger partial charge < -0.3 is 4.74 Å². The summed E-state index contributed by atoms with van der Waals surface area (Å²) >= 11 is 5.88. The van der Waals surface area contributed by atoms with Crippen molar-refractivity contribution < 1.29 is 4.74 Å². The summed E-state index contributed by atoms with van der Waals surface area (Å²) in [5.41, 5.74) is 1.15. The molecule has 0 unspecified atom stereocenters. The van der Waals surface area contributed by atoms with Crippen LogP contribution in [0.15, 0.2) is 18.2 Å². The first kappa shape index (κ1) is 8.41. The predicted molar refractivity (Wildman–Crippen MR) is 47.4 cm³/mol. The highest BCUT2D eigenvalue weighted by Gasteiger charge is 2.03. The first-order valence-corrected chi connectivity index (χ1v) is 3.98. The van der Waals surface area contributed by atoms with Crippen LogP contribution in [0.5, 0.6) is 5.75 Å². The van der Waals surface area contributed by atoms with E-state index in [1.165, 1.54) is 0 Å². The Hall–Kier alpha value is -0.690. The Morgan fingerprint density at radius 2 is 2.18 bits per heavy atom. The van der Waals surface area contributed by atoms with Crippen LogP contribution in [-0.2, 0) is 6.42 Å². The van der Waals surface area contributed by atoms with Crippen molar-refractivity contribution in [2.45, 2.75) is 13.3 Å². The number of ether oxygens (including phenoxy) is 1. The lowest BCUT2D eigenvalue weighted by molar-refractivity contribution is 0.410. The molecule has 0 aromatic heterocycles. The number of aryl methyl sites for hydroxylation is 1. The lowest BCUT2D eigenvalue weighted by Crippen LogP contribution is -1.90. The standard InChI is InChI=1S/C9H11ClO/c1-3-7-5-4-6-8(10)9(7)11-2/h4-6H,3H2,1-2H3. The summed E-state index contributed by atoms with van der Waals surface area (Å²) in [6.45, 7) is 2.08. The molecule has 60 valence electrons. The van der Waals surface area contributed by atoms with Gasteiger partial charge in [0.25, 0.3) is 0 Å². The summed E-state index contributed by atoms with van der Waals surface area (Å²) in [6.07, 6.45) is 0.948. The van der Waals surface area contributed by atoms with E-state index in [1.54, 1.807) is 7.11 Å². The molecule has 0 fully saturated rings. The van der Waals surface area contributed by atoms with E-state index in [9.17, 15) is 0 Å². The van der Waals surface area contributed by atoms with Gasteiger partial charge in [0.05, 0.1) is 12.1 Å². The maximum atomic E-state index is 5.88. The SMILES string of the molecule is CCc1cccc(Cl)c1OC. The van der Waals surface area contributed by atoms with E-state index in [4.69, 9.17) is 16.3 Å². The van der Waals surface area contributed by atoms with E-state index in [2.05, 4.69) is 6.92 Å². The minimum Gasteiger partial charge on any atom is -0.495 e. The quantitative estimate of drug-likeness (QED) is 0.663. The van der Waals surface area contributed by atoms with Gasteiger partial charge in [0.2, 0.25) is 0 Å². The monoisotopic (exact) mass is 170 g/mol. The van der Waals surface area contributed by atoms with E-state index in [0.29, 0.717) is 5.02 Å². The summed E-state index contributed by atoms with van der Waals surface area (Å²) in [6, 6.07) is 5.79. The maximum Gasteiger partial charge on any atom is 0.140 e. The normalized spacial score (nSPS) is 9.73. The molecular weight excluding hydrogens is 160 g/mol. The smallest absolute Gasteiger partial charge is 0.140 e. The Balaban J connectivity index is 3.13. The van der Waals surface area contributed by atoms with Gasteiger partial charge in [-0.1, -0.05) is 30.7 Å². The minimum absolute atomic E-state index is 0.687. The zero-order valence-corrected chi connectivity index (χ0v) is 7.48. The Morgan fingerprint density at radius 3 is 2.64 bits per heavy atom. The fraction of sp³-hybridized carbons (Fsp3) is 0.333. The molecule has 0 aliphatic rings. The molecule has 2 heteroatoms. The number of methoxy groups -OCH3 is 1. The summed E-state index contributed by atoms with van der Waals surface area (Å²) < 4.78 is 5.14. The molecule has 0 aliphatic carbocycles. The topological polar surface area (TPSA) is 9.23 Å². The highest BCUT2D eigenvalue weighted by molar-refractivity contribution is 6.32. The highest BCUT2D eigenvalue weighted by Crippen LogP contribution is 2.28. The van der Waals surface area contributed by atoms with Crippen LogP contribution < -0.4 is 4.74 Å². The van der Waals surface area contributed by atoms with E-state index < -0.39 is 0 Å². The average Bonchev–Trinajstić information content (AvgIpc) is 2.04. The van der Waals surface area contributed by atoms with Crippen LogP contribution in [0.1, 0.15) is 12.5 Å². The molecule has 0 aliphatic heterocycles. The van der Waals surface area contributed by atoms with E-state index >= 15 is 0 Å². The average molecular weight is 171 g/mol. The Kier molecular flexibility index (Phi) is 2.77. The van der Waals surface area contributed by atoms with Crippen LogP contribution in [0.4, 0.5) is 0 Å². The minimum atomic E-state index is 0.687. The number of halogens is 1. The van der Waals surface area contributed by atoms with Gasteiger partial charge >= 0.3 is 0 Å². The Morgan fingerprint density at radius 1 is 1.45 bits per heavy atom. The Bertz CT molecular complexity index is 245. The van der Waals surface area contributed by atoms with Crippen LogP contribution in [-0.4, -0.2) is 7.11 Å². The van der Waals surface area contributed by atoms with E-state index in [0.717, 1.165) is 17.7 Å². The maximum absolute atomic E-state index is 5.88. The summed E-state index contributed by atoms with van der Waals surface area (Å²) in [5, 5.41) is 0.687. The van der Waals surface area contributed by atoms with Gasteiger partial charge in [-0.15, -0.1) is 0 Å². The van der Waals surface area contributed by atoms with Crippen LogP contribution in [0.3, 0.4) is 0 Å². The van der Waals surface area contributed by atoms with Crippen molar-refractivity contribution in [2.24, 2.45) is 0 Å². The van der Waals surface area contributed by atoms with Crippen molar-refractivity contribution in [2.75, 3.05) is 7.11 Å². The predicted octanol–water partition coefficient (Wildman–Crippen LogP) is 2.91. The molecule has 1 aromatic carbocycles. The third kappa shape index (κ3) is 1.66. The van der Waals surface area contributed by atoms with Gasteiger partial charge in [-0.05, 0) is 18.1 Å². The molecule has 1 nitrogen and oxygen atoms in total. The van der Waals surface area contributed by atoms with Gasteiger partial charge in [-0.3, -0.25) is 0 Å². The van der Waals surface area contributed by atoms with Crippen LogP contribution >= 0.6 is 11.6 Å². The molecule has 0 spiro atoms. The molecule has 0 radical (unpaired) electrons. The lowest BCUT2D eigenvalue weighted by atomic mass is 10.1. The first-order chi connectivity index (χ1) is 5.29. The molecule has 0 bridgehead atoms. The molecular formula is C9H11ClO. The molecule has 1 aromatic rings. The van der Waals surface area contributed by atoms with Gasteiger partial charge in [0.15, 0.2) is 0 Å². The van der Waals surface area contributed by atoms with Crippen molar-refractivity contribution in [3.05, 3.63) is 28.8 Å². The van der Waals surface area contributed by atoms with Crippen molar-refractivity contribution in [1.29, 1.82) is 0 Å². The number of rotatable bonds is 2. The zero-order valence-electron chi connectivity index (χ0n) is 6.73. The number of hydrogen-bond acceptors (Lipinski definition) is 1. The van der Waals surface area contributed by atoms with Crippen LogP contribution in [0, 0.1) is 0 Å². The van der Waals surface area contributed by atoms with Crippen LogP contribution in [0.2, 0.25) is 5.02 Å². The third-order valence-corrected chi connectivity index (χ3v) is 1.93. The second-order valence-electron chi connectivity index (χ2n) is 2.29. The molecule has 1 rings (SSSR count). The molecule has 0 saturated carbocycles. The van der Waals surface area contributed by atoms with E-state index in [1.807, 2.05) is 18.2 Å². The largest absolute Gasteiger partial charge is 0.495 e. The van der Waals surface area contributed by atoms with Gasteiger partial charge in [0.1, 0.15) is 5.75 Å². The van der Waals surface area contributed by atoms with Gasteiger partial charge in [-0.25, -0.2) is 0 Å².